The fourth-order valence-corrected chi connectivity index (χ4v) is 7.31. The highest BCUT2D eigenvalue weighted by atomic mass is 35.5. The highest BCUT2D eigenvalue weighted by Crippen LogP contribution is 2.45. The Hall–Kier alpha value is -2.16. The van der Waals surface area contributed by atoms with Gasteiger partial charge in [0.1, 0.15) is 0 Å². The van der Waals surface area contributed by atoms with E-state index in [0.29, 0.717) is 6.07 Å². The van der Waals surface area contributed by atoms with Crippen LogP contribution in [0.2, 0.25) is 5.02 Å². The average molecular weight is 598 g/mol. The quantitative estimate of drug-likeness (QED) is 0.337. The van der Waals surface area contributed by atoms with E-state index in [1.807, 2.05) is 4.90 Å². The number of ketones is 1. The van der Waals surface area contributed by atoms with Crippen molar-refractivity contribution >= 4 is 27.4 Å². The maximum absolute atomic E-state index is 14.2. The first-order valence-corrected chi connectivity index (χ1v) is 14.3. The zero-order valence-corrected chi connectivity index (χ0v) is 23.0. The summed E-state index contributed by atoms with van der Waals surface area (Å²) in [5.74, 6) is -3.32. The summed E-state index contributed by atoms with van der Waals surface area (Å²) in [6.07, 6.45) is -3.80. The Morgan fingerprint density at radius 1 is 1.15 bits per heavy atom. The lowest BCUT2D eigenvalue weighted by Gasteiger charge is -2.52. The number of aryl methyl sites for hydroxylation is 1. The number of aromatic nitrogens is 3. The number of Topliss-reactive ketones (excluding diaryl/α,β-unsaturated/α-hetero) is 1. The fraction of sp³-hybridized carbons (Fsp3) is 0.625. The third kappa shape index (κ3) is 6.28. The SMILES string of the molecule is CC1CN(C2(CCC(=O)c3ccc(C(F)(F)F)cc3Cl)CCC(F)(F)CC2)CCN1S(=O)(=O)c1cn(C)nn1. The number of carbonyl (C=O) groups excluding carboxylic acids is 1. The van der Waals surface area contributed by atoms with Crippen LogP contribution in [0.25, 0.3) is 0 Å². The Bertz CT molecular complexity index is 1320. The number of piperazine rings is 1. The van der Waals surface area contributed by atoms with Crippen LogP contribution in [-0.4, -0.2) is 75.5 Å². The number of nitrogens with zero attached hydrogens (tertiary/aromatic N) is 5. The van der Waals surface area contributed by atoms with Crippen LogP contribution < -0.4 is 0 Å². The molecule has 8 nitrogen and oxygen atoms in total. The van der Waals surface area contributed by atoms with Gasteiger partial charge >= 0.3 is 6.18 Å². The summed E-state index contributed by atoms with van der Waals surface area (Å²) in [5, 5.41) is 6.89. The molecule has 1 atom stereocenters. The summed E-state index contributed by atoms with van der Waals surface area (Å²) in [5.41, 5.74) is -1.83. The van der Waals surface area contributed by atoms with Gasteiger partial charge in [-0.05, 0) is 44.4 Å². The van der Waals surface area contributed by atoms with Crippen LogP contribution in [0.4, 0.5) is 22.0 Å². The van der Waals surface area contributed by atoms with Gasteiger partial charge in [0.25, 0.3) is 10.0 Å². The first kappa shape index (κ1) is 29.8. The molecule has 216 valence electrons. The summed E-state index contributed by atoms with van der Waals surface area (Å²) in [6, 6.07) is 2.01. The molecule has 1 saturated heterocycles. The molecule has 0 spiro atoms. The van der Waals surface area contributed by atoms with Crippen molar-refractivity contribution in [3.63, 3.8) is 0 Å². The van der Waals surface area contributed by atoms with E-state index >= 15 is 0 Å². The number of carbonyl (C=O) groups is 1. The Morgan fingerprint density at radius 2 is 1.82 bits per heavy atom. The third-order valence-corrected chi connectivity index (χ3v) is 9.91. The normalized spacial score (nSPS) is 22.6. The van der Waals surface area contributed by atoms with Crippen LogP contribution in [-0.2, 0) is 23.2 Å². The maximum atomic E-state index is 14.2. The average Bonchev–Trinajstić information content (AvgIpc) is 3.30. The summed E-state index contributed by atoms with van der Waals surface area (Å²) in [7, 11) is -2.37. The molecule has 2 aromatic rings. The lowest BCUT2D eigenvalue weighted by molar-refractivity contribution is -0.137. The van der Waals surface area contributed by atoms with Crippen molar-refractivity contribution in [2.45, 2.75) is 74.2 Å². The first-order chi connectivity index (χ1) is 18.0. The van der Waals surface area contributed by atoms with E-state index in [-0.39, 0.29) is 73.8 Å². The number of hydrogen-bond acceptors (Lipinski definition) is 6. The van der Waals surface area contributed by atoms with E-state index in [4.69, 9.17) is 11.6 Å². The number of hydrogen-bond donors (Lipinski definition) is 0. The molecule has 4 rings (SSSR count). The molecule has 2 fully saturated rings. The molecule has 1 aliphatic carbocycles. The first-order valence-electron chi connectivity index (χ1n) is 12.5. The molecule has 1 saturated carbocycles. The standard InChI is InChI=1S/C24H29ClF5N5O3S/c1-16-14-34(11-12-35(16)39(37,38)21-15-33(2)32-31-21)22(7-9-23(26,27)10-8-22)6-5-20(36)18-4-3-17(13-19(18)25)24(28,29)30/h3-4,13,15-16H,5-12,14H2,1-2H3. The molecule has 0 amide bonds. The molecule has 1 aliphatic heterocycles. The van der Waals surface area contributed by atoms with E-state index < -0.39 is 45.0 Å². The number of benzene rings is 1. The molecule has 1 unspecified atom stereocenters. The van der Waals surface area contributed by atoms with Crippen molar-refractivity contribution in [1.82, 2.24) is 24.2 Å². The van der Waals surface area contributed by atoms with Gasteiger partial charge < -0.3 is 0 Å². The van der Waals surface area contributed by atoms with Gasteiger partial charge in [-0.3, -0.25) is 14.4 Å². The largest absolute Gasteiger partial charge is 0.416 e. The predicted octanol–water partition coefficient (Wildman–Crippen LogP) is 4.79. The van der Waals surface area contributed by atoms with Crippen molar-refractivity contribution in [2.24, 2.45) is 7.05 Å². The van der Waals surface area contributed by atoms with E-state index in [2.05, 4.69) is 10.3 Å². The second-order valence-electron chi connectivity index (χ2n) is 10.3. The molecule has 2 heterocycles. The molecule has 39 heavy (non-hydrogen) atoms. The van der Waals surface area contributed by atoms with Crippen molar-refractivity contribution in [1.29, 1.82) is 0 Å². The lowest BCUT2D eigenvalue weighted by Crippen LogP contribution is -2.62. The van der Waals surface area contributed by atoms with Gasteiger partial charge in [0, 0.05) is 63.1 Å². The maximum Gasteiger partial charge on any atom is 0.416 e. The van der Waals surface area contributed by atoms with Gasteiger partial charge in [-0.25, -0.2) is 17.2 Å². The Labute approximate surface area is 228 Å². The number of halogens is 6. The molecule has 1 aromatic carbocycles. The monoisotopic (exact) mass is 597 g/mol. The molecule has 15 heteroatoms. The van der Waals surface area contributed by atoms with Gasteiger partial charge in [-0.15, -0.1) is 5.10 Å². The summed E-state index contributed by atoms with van der Waals surface area (Å²) in [4.78, 5) is 15.0. The molecule has 1 aromatic heterocycles. The molecule has 0 N–H and O–H groups in total. The summed E-state index contributed by atoms with van der Waals surface area (Å²) < 4.78 is 96.1. The van der Waals surface area contributed by atoms with Gasteiger partial charge in [0.15, 0.2) is 5.78 Å². The van der Waals surface area contributed by atoms with Gasteiger partial charge in [0.2, 0.25) is 10.9 Å². The van der Waals surface area contributed by atoms with E-state index in [1.165, 1.54) is 15.2 Å². The zero-order valence-electron chi connectivity index (χ0n) is 21.4. The molecular weight excluding hydrogens is 569 g/mol. The fourth-order valence-electron chi connectivity index (χ4n) is 5.50. The summed E-state index contributed by atoms with van der Waals surface area (Å²) in [6.45, 7) is 2.32. The minimum Gasteiger partial charge on any atom is -0.295 e. The van der Waals surface area contributed by atoms with Gasteiger partial charge in [-0.1, -0.05) is 16.8 Å². The highest BCUT2D eigenvalue weighted by molar-refractivity contribution is 7.89. The minimum absolute atomic E-state index is 0.0609. The van der Waals surface area contributed by atoms with Gasteiger partial charge in [0.05, 0.1) is 16.8 Å². The Balaban J connectivity index is 1.51. The van der Waals surface area contributed by atoms with Crippen molar-refractivity contribution in [3.8, 4) is 0 Å². The third-order valence-electron chi connectivity index (χ3n) is 7.72. The zero-order chi connectivity index (χ0) is 28.8. The second kappa shape index (κ2) is 10.7. The van der Waals surface area contributed by atoms with Crippen molar-refractivity contribution < 1.29 is 35.2 Å². The Morgan fingerprint density at radius 3 is 2.36 bits per heavy atom. The predicted molar refractivity (Wildman–Crippen MR) is 132 cm³/mol. The second-order valence-corrected chi connectivity index (χ2v) is 12.6. The summed E-state index contributed by atoms with van der Waals surface area (Å²) >= 11 is 6.00. The Kier molecular flexibility index (Phi) is 8.16. The number of alkyl halides is 5. The van der Waals surface area contributed by atoms with Crippen LogP contribution >= 0.6 is 11.6 Å². The highest BCUT2D eigenvalue weighted by Gasteiger charge is 2.49. The number of rotatable bonds is 7. The topological polar surface area (TPSA) is 88.4 Å². The lowest BCUT2D eigenvalue weighted by atomic mass is 9.74. The van der Waals surface area contributed by atoms with Crippen LogP contribution in [0.15, 0.2) is 29.4 Å². The van der Waals surface area contributed by atoms with Crippen LogP contribution in [0.5, 0.6) is 0 Å². The molecule has 2 aliphatic rings. The van der Waals surface area contributed by atoms with Crippen molar-refractivity contribution in [2.75, 3.05) is 19.6 Å². The van der Waals surface area contributed by atoms with Crippen LogP contribution in [0.3, 0.4) is 0 Å². The van der Waals surface area contributed by atoms with Crippen molar-refractivity contribution in [3.05, 3.63) is 40.5 Å². The molecular formula is C24H29ClF5N5O3S. The minimum atomic E-state index is -4.61. The molecule has 0 bridgehead atoms. The molecule has 0 radical (unpaired) electrons. The van der Waals surface area contributed by atoms with Gasteiger partial charge in [-0.2, -0.15) is 17.5 Å². The van der Waals surface area contributed by atoms with Crippen LogP contribution in [0.1, 0.15) is 61.4 Å². The smallest absolute Gasteiger partial charge is 0.295 e. The van der Waals surface area contributed by atoms with E-state index in [1.54, 1.807) is 14.0 Å². The van der Waals surface area contributed by atoms with E-state index in [9.17, 15) is 35.2 Å². The number of sulfonamides is 1. The van der Waals surface area contributed by atoms with E-state index in [0.717, 1.165) is 12.1 Å². The van der Waals surface area contributed by atoms with Crippen LogP contribution in [0, 0.1) is 0 Å².